The first-order chi connectivity index (χ1) is 16.5. The summed E-state index contributed by atoms with van der Waals surface area (Å²) >= 11 is 2.57. The van der Waals surface area contributed by atoms with Crippen LogP contribution in [-0.2, 0) is 38.3 Å². The molecular formula is C28H45N4O3Rh. The summed E-state index contributed by atoms with van der Waals surface area (Å²) in [6.07, 6.45) is 1.83. The number of rotatable bonds is 10. The first-order valence-corrected chi connectivity index (χ1v) is 13.1. The minimum atomic E-state index is -0.758. The van der Waals surface area contributed by atoms with E-state index in [1.807, 2.05) is 84.9 Å². The molecule has 0 aromatic heterocycles. The predicted molar refractivity (Wildman–Crippen MR) is 142 cm³/mol. The van der Waals surface area contributed by atoms with Crippen LogP contribution in [0.4, 0.5) is 0 Å². The zero-order chi connectivity index (χ0) is 28.0. The van der Waals surface area contributed by atoms with Crippen LogP contribution in [-0.4, -0.2) is 65.5 Å². The summed E-state index contributed by atoms with van der Waals surface area (Å²) in [7, 11) is 5.15. The molecule has 0 aliphatic carbocycles. The van der Waals surface area contributed by atoms with Gasteiger partial charge in [-0.2, -0.15) is 0 Å². The Morgan fingerprint density at radius 3 is 1.92 bits per heavy atom. The molecule has 3 amide bonds. The van der Waals surface area contributed by atoms with Crippen LogP contribution in [0.25, 0.3) is 0 Å². The Bertz CT molecular complexity index is 936. The van der Waals surface area contributed by atoms with Crippen molar-refractivity contribution in [3.8, 4) is 0 Å². The topological polar surface area (TPSA) is 81.8 Å². The van der Waals surface area contributed by atoms with Crippen LogP contribution < -0.4 is 10.6 Å². The van der Waals surface area contributed by atoms with Crippen LogP contribution in [0, 0.1) is 11.3 Å². The summed E-state index contributed by atoms with van der Waals surface area (Å²) in [5, 5.41) is 6.22. The van der Waals surface area contributed by atoms with E-state index in [0.717, 1.165) is 5.56 Å². The van der Waals surface area contributed by atoms with Gasteiger partial charge in [0.05, 0.1) is 0 Å². The summed E-state index contributed by atoms with van der Waals surface area (Å²) in [6, 6.07) is 8.25. The molecule has 8 heteroatoms. The molecule has 0 spiro atoms. The third kappa shape index (κ3) is 7.98. The van der Waals surface area contributed by atoms with Gasteiger partial charge >= 0.3 is 172 Å². The number of carbonyl (C=O) groups excluding carboxylic acids is 3. The molecule has 0 heterocycles. The maximum absolute atomic E-state index is 13.8. The number of likely N-dealkylation sites (N-methyl/N-ethyl adjacent to an activating group) is 3. The molecular weight excluding hydrogens is 543 g/mol. The minimum absolute atomic E-state index is 0.0626. The molecule has 3 atom stereocenters. The van der Waals surface area contributed by atoms with Crippen LogP contribution in [0.3, 0.4) is 0 Å². The fourth-order valence-electron chi connectivity index (χ4n) is 4.39. The van der Waals surface area contributed by atoms with Crippen molar-refractivity contribution in [1.82, 2.24) is 19.2 Å². The van der Waals surface area contributed by atoms with Gasteiger partial charge in [0, 0.05) is 0 Å². The average Bonchev–Trinajstić information content (AvgIpc) is 2.79. The summed E-state index contributed by atoms with van der Waals surface area (Å²) in [5.74, 6) is -0.516. The Morgan fingerprint density at radius 1 is 0.972 bits per heavy atom. The summed E-state index contributed by atoms with van der Waals surface area (Å²) in [4.78, 5) is 41.5. The van der Waals surface area contributed by atoms with E-state index in [9.17, 15) is 14.4 Å². The Labute approximate surface area is 228 Å². The van der Waals surface area contributed by atoms with Crippen LogP contribution in [0.2, 0.25) is 0 Å². The number of amides is 3. The molecule has 1 aromatic carbocycles. The van der Waals surface area contributed by atoms with Gasteiger partial charge in [-0.1, -0.05) is 44.2 Å². The molecule has 0 fully saturated rings. The molecule has 1 rings (SSSR count). The number of hydrogen-bond acceptors (Lipinski definition) is 4. The third-order valence-corrected chi connectivity index (χ3v) is 7.03. The summed E-state index contributed by atoms with van der Waals surface area (Å²) < 4.78 is 1.41. The Hall–Kier alpha value is -2.05. The van der Waals surface area contributed by atoms with Crippen LogP contribution in [0.5, 0.6) is 0 Å². The molecule has 204 valence electrons. The first kappa shape index (κ1) is 32.0. The molecule has 0 aliphatic heterocycles. The van der Waals surface area contributed by atoms with E-state index in [1.165, 1.54) is 3.64 Å². The van der Waals surface area contributed by atoms with Crippen molar-refractivity contribution in [2.45, 2.75) is 78.9 Å². The van der Waals surface area contributed by atoms with Gasteiger partial charge in [0.2, 0.25) is 0 Å². The SMILES string of the molecule is CN[C@H](C(=O)N[C@H](C(=O)N(C)[C@H](/C=C(\C)C(=O)[N](C)[Rh])C(C)C)C(C)(C)C)C(C)(C)c1ccccc1. The van der Waals surface area contributed by atoms with Crippen LogP contribution in [0.1, 0.15) is 61.0 Å². The van der Waals surface area contributed by atoms with Crippen molar-refractivity contribution >= 4 is 17.7 Å². The van der Waals surface area contributed by atoms with Gasteiger partial charge in [0.1, 0.15) is 0 Å². The van der Waals surface area contributed by atoms with Crippen molar-refractivity contribution in [3.63, 3.8) is 0 Å². The number of hydrogen-bond donors (Lipinski definition) is 2. The third-order valence-electron chi connectivity index (χ3n) is 6.70. The Morgan fingerprint density at radius 2 is 1.50 bits per heavy atom. The van der Waals surface area contributed by atoms with E-state index in [2.05, 4.69) is 29.2 Å². The smallest absolute Gasteiger partial charge is 0.0622 e. The fourth-order valence-corrected chi connectivity index (χ4v) is 4.68. The monoisotopic (exact) mass is 588 g/mol. The fraction of sp³-hybridized carbons (Fsp3) is 0.607. The zero-order valence-corrected chi connectivity index (χ0v) is 25.4. The van der Waals surface area contributed by atoms with Crippen molar-refractivity contribution in [2.24, 2.45) is 11.3 Å². The Balaban J connectivity index is 3.31. The van der Waals surface area contributed by atoms with Gasteiger partial charge in [-0.25, -0.2) is 0 Å². The van der Waals surface area contributed by atoms with E-state index in [0.29, 0.717) is 5.57 Å². The molecule has 1 aromatic rings. The number of carbonyl (C=O) groups is 3. The van der Waals surface area contributed by atoms with Crippen molar-refractivity contribution < 1.29 is 32.9 Å². The van der Waals surface area contributed by atoms with Crippen molar-refractivity contribution in [3.05, 3.63) is 47.5 Å². The van der Waals surface area contributed by atoms with Crippen molar-refractivity contribution in [1.29, 1.82) is 0 Å². The van der Waals surface area contributed by atoms with E-state index in [1.54, 1.807) is 33.0 Å². The normalized spacial score (nSPS) is 15.2. The number of nitrogens with zero attached hydrogens (tertiary/aromatic N) is 2. The van der Waals surface area contributed by atoms with Gasteiger partial charge in [-0.15, -0.1) is 0 Å². The average molecular weight is 589 g/mol. The molecule has 0 radical (unpaired) electrons. The molecule has 36 heavy (non-hydrogen) atoms. The van der Waals surface area contributed by atoms with Crippen LogP contribution >= 0.6 is 0 Å². The Kier molecular flexibility index (Phi) is 11.5. The van der Waals surface area contributed by atoms with Gasteiger partial charge < -0.3 is 0 Å². The van der Waals surface area contributed by atoms with Crippen LogP contribution in [0.15, 0.2) is 42.0 Å². The second-order valence-corrected chi connectivity index (χ2v) is 12.5. The van der Waals surface area contributed by atoms with Crippen molar-refractivity contribution in [2.75, 3.05) is 21.1 Å². The minimum Gasteiger partial charge on any atom is -0.0622 e. The standard InChI is InChI=1S/C28H46N4O3.Rh/c1-18(2)21(17-19(3)24(33)30-10)32(11)26(35)23(27(4,5)6)31-25(34)22(29-9)28(7,8)20-15-13-12-14-16-20;/h12-18,21-23,29H,1-11H3,(H2,30,31,33,34);/q;+1/p-1/b19-17+;/t21-,22-,23-;/m1./s1. The molecule has 0 unspecified atom stereocenters. The van der Waals surface area contributed by atoms with Gasteiger partial charge in [-0.3, -0.25) is 0 Å². The molecule has 0 aliphatic rings. The second kappa shape index (κ2) is 13.0. The molecule has 2 N–H and O–H groups in total. The van der Waals surface area contributed by atoms with Gasteiger partial charge in [0.15, 0.2) is 0 Å². The molecule has 0 saturated heterocycles. The van der Waals surface area contributed by atoms with Gasteiger partial charge in [0.25, 0.3) is 0 Å². The predicted octanol–water partition coefficient (Wildman–Crippen LogP) is 3.43. The van der Waals surface area contributed by atoms with E-state index >= 15 is 0 Å². The molecule has 0 saturated carbocycles. The van der Waals surface area contributed by atoms with Gasteiger partial charge in [-0.05, 0) is 12.6 Å². The van der Waals surface area contributed by atoms with E-state index in [-0.39, 0.29) is 29.7 Å². The second-order valence-electron chi connectivity index (χ2n) is 11.4. The zero-order valence-electron chi connectivity index (χ0n) is 23.7. The van der Waals surface area contributed by atoms with E-state index < -0.39 is 22.9 Å². The summed E-state index contributed by atoms with van der Waals surface area (Å²) in [5.41, 5.74) is 0.529. The number of nitrogens with one attached hydrogen (secondary N) is 2. The summed E-state index contributed by atoms with van der Waals surface area (Å²) in [6.45, 7) is 15.6. The molecule has 7 nitrogen and oxygen atoms in total. The van der Waals surface area contributed by atoms with E-state index in [4.69, 9.17) is 0 Å². The maximum atomic E-state index is 13.8. The first-order valence-electron chi connectivity index (χ1n) is 12.4. The quantitative estimate of drug-likeness (QED) is 0.324. The molecule has 0 bridgehead atoms. The number of benzene rings is 1.